The van der Waals surface area contributed by atoms with Crippen LogP contribution < -0.4 is 5.32 Å². The maximum Gasteiger partial charge on any atom is 0.157 e. The molecule has 1 aromatic carbocycles. The number of phenols is 2. The highest BCUT2D eigenvalue weighted by molar-refractivity contribution is 5.40. The van der Waals surface area contributed by atoms with Crippen LogP contribution in [-0.4, -0.2) is 15.8 Å². The van der Waals surface area contributed by atoms with Crippen LogP contribution in [0, 0.1) is 0 Å². The fourth-order valence-electron chi connectivity index (χ4n) is 1.15. The Balaban J connectivity index is 2.62. The third kappa shape index (κ3) is 3.44. The minimum atomic E-state index is -0.0755. The van der Waals surface area contributed by atoms with Crippen molar-refractivity contribution in [2.75, 3.05) is 0 Å². The van der Waals surface area contributed by atoms with Gasteiger partial charge in [0.1, 0.15) is 0 Å². The Labute approximate surface area is 90.8 Å². The van der Waals surface area contributed by atoms with Crippen molar-refractivity contribution in [2.45, 2.75) is 39.3 Å². The summed E-state index contributed by atoms with van der Waals surface area (Å²) < 4.78 is 0. The molecule has 0 bridgehead atoms. The highest BCUT2D eigenvalue weighted by atomic mass is 16.3. The van der Waals surface area contributed by atoms with Crippen LogP contribution in [0.5, 0.6) is 11.5 Å². The van der Waals surface area contributed by atoms with Crippen molar-refractivity contribution in [3.63, 3.8) is 0 Å². The van der Waals surface area contributed by atoms with E-state index in [-0.39, 0.29) is 17.0 Å². The van der Waals surface area contributed by atoms with Gasteiger partial charge in [0.05, 0.1) is 0 Å². The van der Waals surface area contributed by atoms with E-state index in [1.807, 2.05) is 0 Å². The summed E-state index contributed by atoms with van der Waals surface area (Å²) >= 11 is 0. The quantitative estimate of drug-likeness (QED) is 0.667. The van der Waals surface area contributed by atoms with Gasteiger partial charge in [-0.15, -0.1) is 0 Å². The third-order valence-corrected chi connectivity index (χ3v) is 2.69. The van der Waals surface area contributed by atoms with Gasteiger partial charge >= 0.3 is 0 Å². The van der Waals surface area contributed by atoms with Gasteiger partial charge in [0, 0.05) is 12.1 Å². The van der Waals surface area contributed by atoms with Gasteiger partial charge in [-0.25, -0.2) is 0 Å². The lowest BCUT2D eigenvalue weighted by Gasteiger charge is -2.24. The molecular weight excluding hydrogens is 190 g/mol. The second-order valence-corrected chi connectivity index (χ2v) is 4.41. The molecule has 1 aromatic rings. The van der Waals surface area contributed by atoms with Crippen molar-refractivity contribution >= 4 is 0 Å². The SMILES string of the molecule is CCC(C)(C)NCc1ccc(O)c(O)c1. The summed E-state index contributed by atoms with van der Waals surface area (Å²) in [6, 6.07) is 4.88. The topological polar surface area (TPSA) is 52.5 Å². The molecule has 15 heavy (non-hydrogen) atoms. The number of nitrogens with one attached hydrogen (secondary N) is 1. The Morgan fingerprint density at radius 3 is 2.40 bits per heavy atom. The van der Waals surface area contributed by atoms with E-state index in [1.54, 1.807) is 12.1 Å². The molecule has 3 heteroatoms. The molecule has 0 amide bonds. The van der Waals surface area contributed by atoms with Crippen LogP contribution in [0.2, 0.25) is 0 Å². The molecule has 0 heterocycles. The van der Waals surface area contributed by atoms with Gasteiger partial charge in [-0.1, -0.05) is 13.0 Å². The second-order valence-electron chi connectivity index (χ2n) is 4.41. The molecule has 0 radical (unpaired) electrons. The normalized spacial score (nSPS) is 11.7. The van der Waals surface area contributed by atoms with Crippen LogP contribution >= 0.6 is 0 Å². The first-order chi connectivity index (χ1) is 6.94. The average Bonchev–Trinajstić information content (AvgIpc) is 2.20. The van der Waals surface area contributed by atoms with Gasteiger partial charge in [-0.3, -0.25) is 0 Å². The van der Waals surface area contributed by atoms with Crippen molar-refractivity contribution in [3.05, 3.63) is 23.8 Å². The molecule has 0 saturated carbocycles. The van der Waals surface area contributed by atoms with Crippen LogP contribution in [0.15, 0.2) is 18.2 Å². The summed E-state index contributed by atoms with van der Waals surface area (Å²) in [5.74, 6) is -0.142. The molecule has 0 atom stereocenters. The molecule has 0 saturated heterocycles. The van der Waals surface area contributed by atoms with Gasteiger partial charge in [-0.05, 0) is 38.0 Å². The Kier molecular flexibility index (Phi) is 3.58. The monoisotopic (exact) mass is 209 g/mol. The Morgan fingerprint density at radius 2 is 1.87 bits per heavy atom. The predicted molar refractivity (Wildman–Crippen MR) is 61.0 cm³/mol. The molecular formula is C12H19NO2. The lowest BCUT2D eigenvalue weighted by atomic mass is 10.0. The van der Waals surface area contributed by atoms with E-state index in [2.05, 4.69) is 26.1 Å². The fourth-order valence-corrected chi connectivity index (χ4v) is 1.15. The molecule has 0 unspecified atom stereocenters. The summed E-state index contributed by atoms with van der Waals surface area (Å²) in [5.41, 5.74) is 1.06. The maximum absolute atomic E-state index is 9.31. The highest BCUT2D eigenvalue weighted by Gasteiger charge is 2.13. The Morgan fingerprint density at radius 1 is 1.20 bits per heavy atom. The van der Waals surface area contributed by atoms with Gasteiger partial charge < -0.3 is 15.5 Å². The standard InChI is InChI=1S/C12H19NO2/c1-4-12(2,3)13-8-9-5-6-10(14)11(15)7-9/h5-7,13-15H,4,8H2,1-3H3. The van der Waals surface area contributed by atoms with Crippen LogP contribution in [0.4, 0.5) is 0 Å². The van der Waals surface area contributed by atoms with Gasteiger partial charge in [0.15, 0.2) is 11.5 Å². The molecule has 0 fully saturated rings. The first kappa shape index (κ1) is 11.9. The molecule has 0 aliphatic heterocycles. The van der Waals surface area contributed by atoms with E-state index in [9.17, 15) is 5.11 Å². The highest BCUT2D eigenvalue weighted by Crippen LogP contribution is 2.25. The molecule has 1 rings (SSSR count). The predicted octanol–water partition coefficient (Wildman–Crippen LogP) is 2.38. The summed E-state index contributed by atoms with van der Waals surface area (Å²) in [4.78, 5) is 0. The fraction of sp³-hybridized carbons (Fsp3) is 0.500. The number of rotatable bonds is 4. The van der Waals surface area contributed by atoms with Crippen molar-refractivity contribution in [3.8, 4) is 11.5 Å². The number of benzene rings is 1. The molecule has 0 aliphatic rings. The minimum absolute atomic E-state index is 0.0661. The van der Waals surface area contributed by atoms with Crippen LogP contribution in [0.25, 0.3) is 0 Å². The van der Waals surface area contributed by atoms with E-state index >= 15 is 0 Å². The summed E-state index contributed by atoms with van der Waals surface area (Å²) in [5, 5.41) is 21.8. The van der Waals surface area contributed by atoms with Crippen LogP contribution in [0.1, 0.15) is 32.8 Å². The van der Waals surface area contributed by atoms with E-state index in [4.69, 9.17) is 5.11 Å². The van der Waals surface area contributed by atoms with Gasteiger partial charge in [0.2, 0.25) is 0 Å². The minimum Gasteiger partial charge on any atom is -0.504 e. The first-order valence-electron chi connectivity index (χ1n) is 5.20. The smallest absolute Gasteiger partial charge is 0.157 e. The number of phenolic OH excluding ortho intramolecular Hbond substituents is 2. The summed E-state index contributed by atoms with van der Waals surface area (Å²) in [7, 11) is 0. The molecule has 0 aromatic heterocycles. The largest absolute Gasteiger partial charge is 0.504 e. The maximum atomic E-state index is 9.31. The molecule has 0 aliphatic carbocycles. The van der Waals surface area contributed by atoms with E-state index in [0.29, 0.717) is 6.54 Å². The number of hydrogen-bond acceptors (Lipinski definition) is 3. The van der Waals surface area contributed by atoms with Crippen molar-refractivity contribution in [1.82, 2.24) is 5.32 Å². The van der Waals surface area contributed by atoms with Crippen molar-refractivity contribution in [1.29, 1.82) is 0 Å². The van der Waals surface area contributed by atoms with Crippen LogP contribution in [0.3, 0.4) is 0 Å². The lowest BCUT2D eigenvalue weighted by Crippen LogP contribution is -2.37. The first-order valence-corrected chi connectivity index (χ1v) is 5.20. The molecule has 84 valence electrons. The van der Waals surface area contributed by atoms with Gasteiger partial charge in [0.25, 0.3) is 0 Å². The number of aromatic hydroxyl groups is 2. The van der Waals surface area contributed by atoms with E-state index in [0.717, 1.165) is 12.0 Å². The molecule has 3 nitrogen and oxygen atoms in total. The summed E-state index contributed by atoms with van der Waals surface area (Å²) in [6.07, 6.45) is 1.04. The second kappa shape index (κ2) is 4.53. The van der Waals surface area contributed by atoms with E-state index < -0.39 is 0 Å². The Bertz CT molecular complexity index is 334. The zero-order valence-electron chi connectivity index (χ0n) is 9.54. The van der Waals surface area contributed by atoms with E-state index in [1.165, 1.54) is 6.07 Å². The Hall–Kier alpha value is -1.22. The molecule has 3 N–H and O–H groups in total. The zero-order chi connectivity index (χ0) is 11.5. The number of hydrogen-bond donors (Lipinski definition) is 3. The molecule has 0 spiro atoms. The lowest BCUT2D eigenvalue weighted by molar-refractivity contribution is 0.372. The zero-order valence-corrected chi connectivity index (χ0v) is 9.54. The van der Waals surface area contributed by atoms with Crippen molar-refractivity contribution in [2.24, 2.45) is 0 Å². The van der Waals surface area contributed by atoms with Crippen LogP contribution in [-0.2, 0) is 6.54 Å². The van der Waals surface area contributed by atoms with Crippen molar-refractivity contribution < 1.29 is 10.2 Å². The third-order valence-electron chi connectivity index (χ3n) is 2.69. The van der Waals surface area contributed by atoms with Gasteiger partial charge in [-0.2, -0.15) is 0 Å². The summed E-state index contributed by atoms with van der Waals surface area (Å²) in [6.45, 7) is 7.08. The average molecular weight is 209 g/mol.